The first-order valence-corrected chi connectivity index (χ1v) is 3.69. The number of carbonyl (C=O) groups excluding carboxylic acids is 2. The summed E-state index contributed by atoms with van der Waals surface area (Å²) >= 11 is 0. The Labute approximate surface area is 77.3 Å². The van der Waals surface area contributed by atoms with Crippen molar-refractivity contribution in [3.8, 4) is 0 Å². The zero-order valence-corrected chi connectivity index (χ0v) is 7.69. The maximum absolute atomic E-state index is 10.1. The van der Waals surface area contributed by atoms with Crippen molar-refractivity contribution in [2.75, 3.05) is 14.2 Å². The van der Waals surface area contributed by atoms with Crippen molar-refractivity contribution in [2.24, 2.45) is 0 Å². The molecule has 3 heteroatoms. The molecular weight excluding hydrogens is 168 g/mol. The van der Waals surface area contributed by atoms with Gasteiger partial charge < -0.3 is 4.74 Å². The van der Waals surface area contributed by atoms with Gasteiger partial charge in [0.25, 0.3) is 0 Å². The minimum Gasteiger partial charge on any atom is -0.388 e. The number of hydrogen-bond donors (Lipinski definition) is 0. The van der Waals surface area contributed by atoms with Gasteiger partial charge in [-0.1, -0.05) is 24.3 Å². The molecule has 0 aromatic heterocycles. The number of benzene rings is 1. The summed E-state index contributed by atoms with van der Waals surface area (Å²) < 4.78 is 4.25. The van der Waals surface area contributed by atoms with Crippen LogP contribution in [0.25, 0.3) is 0 Å². The average Bonchev–Trinajstić information content (AvgIpc) is 2.19. The van der Waals surface area contributed by atoms with Crippen LogP contribution in [0.15, 0.2) is 24.3 Å². The third-order valence-corrected chi connectivity index (χ3v) is 1.21. The molecule has 1 aromatic rings. The van der Waals surface area contributed by atoms with E-state index in [0.29, 0.717) is 11.1 Å². The quantitative estimate of drug-likeness (QED) is 0.649. The second-order valence-corrected chi connectivity index (χ2v) is 2.31. The van der Waals surface area contributed by atoms with E-state index in [4.69, 9.17) is 0 Å². The van der Waals surface area contributed by atoms with Crippen LogP contribution in [-0.4, -0.2) is 26.8 Å². The Hall–Kier alpha value is -1.48. The second kappa shape index (κ2) is 7.18. The minimum atomic E-state index is 0.589. The van der Waals surface area contributed by atoms with Gasteiger partial charge in [-0.25, -0.2) is 0 Å². The van der Waals surface area contributed by atoms with E-state index < -0.39 is 0 Å². The predicted octanol–water partition coefficient (Wildman–Crippen LogP) is 1.57. The molecule has 0 amide bonds. The lowest BCUT2D eigenvalue weighted by atomic mass is 10.2. The lowest BCUT2D eigenvalue weighted by Gasteiger charge is -1.88. The van der Waals surface area contributed by atoms with Crippen LogP contribution in [0.4, 0.5) is 0 Å². The summed E-state index contributed by atoms with van der Waals surface area (Å²) in [6.45, 7) is 0. The van der Waals surface area contributed by atoms with Crippen LogP contribution >= 0.6 is 0 Å². The molecule has 0 aliphatic carbocycles. The van der Waals surface area contributed by atoms with Gasteiger partial charge in [-0.05, 0) is 0 Å². The SMILES string of the molecule is COC.O=Cc1ccc(C=O)cc1. The molecule has 0 spiro atoms. The fourth-order valence-electron chi connectivity index (χ4n) is 0.653. The van der Waals surface area contributed by atoms with Gasteiger partial charge in [-0.15, -0.1) is 0 Å². The van der Waals surface area contributed by atoms with E-state index in [1.54, 1.807) is 38.5 Å². The third-order valence-electron chi connectivity index (χ3n) is 1.21. The molecule has 0 aliphatic rings. The highest BCUT2D eigenvalue weighted by atomic mass is 16.4. The Bertz CT molecular complexity index is 224. The molecule has 13 heavy (non-hydrogen) atoms. The van der Waals surface area contributed by atoms with Gasteiger partial charge in [0, 0.05) is 25.3 Å². The topological polar surface area (TPSA) is 43.4 Å². The van der Waals surface area contributed by atoms with E-state index in [-0.39, 0.29) is 0 Å². The summed E-state index contributed by atoms with van der Waals surface area (Å²) in [7, 11) is 3.25. The van der Waals surface area contributed by atoms with Gasteiger partial charge in [0.05, 0.1) is 0 Å². The van der Waals surface area contributed by atoms with Crippen LogP contribution in [-0.2, 0) is 4.74 Å². The molecule has 0 bridgehead atoms. The summed E-state index contributed by atoms with van der Waals surface area (Å²) in [6.07, 6.45) is 1.49. The van der Waals surface area contributed by atoms with Crippen LogP contribution in [0.1, 0.15) is 20.7 Å². The summed E-state index contributed by atoms with van der Waals surface area (Å²) in [5.74, 6) is 0. The number of rotatable bonds is 2. The molecule has 0 heterocycles. The molecule has 0 unspecified atom stereocenters. The molecule has 1 rings (SSSR count). The smallest absolute Gasteiger partial charge is 0.150 e. The molecule has 0 fully saturated rings. The number of aldehydes is 2. The first kappa shape index (κ1) is 11.5. The van der Waals surface area contributed by atoms with Crippen LogP contribution in [0.5, 0.6) is 0 Å². The Morgan fingerprint density at radius 1 is 0.923 bits per heavy atom. The van der Waals surface area contributed by atoms with Crippen LogP contribution in [0.3, 0.4) is 0 Å². The van der Waals surface area contributed by atoms with Crippen LogP contribution < -0.4 is 0 Å². The number of methoxy groups -OCH3 is 1. The van der Waals surface area contributed by atoms with Gasteiger partial charge in [0.1, 0.15) is 12.6 Å². The van der Waals surface area contributed by atoms with Crippen molar-refractivity contribution in [3.63, 3.8) is 0 Å². The summed E-state index contributed by atoms with van der Waals surface area (Å²) in [4.78, 5) is 20.2. The van der Waals surface area contributed by atoms with Gasteiger partial charge in [-0.2, -0.15) is 0 Å². The fraction of sp³-hybridized carbons (Fsp3) is 0.200. The van der Waals surface area contributed by atoms with Crippen LogP contribution in [0, 0.1) is 0 Å². The van der Waals surface area contributed by atoms with Gasteiger partial charge >= 0.3 is 0 Å². The van der Waals surface area contributed by atoms with Gasteiger partial charge in [0.2, 0.25) is 0 Å². The average molecular weight is 180 g/mol. The molecular formula is C10H12O3. The first-order valence-electron chi connectivity index (χ1n) is 3.69. The van der Waals surface area contributed by atoms with Crippen LogP contribution in [0.2, 0.25) is 0 Å². The standard InChI is InChI=1S/C8H6O2.C2H6O/c9-5-7-1-2-8(6-10)4-3-7;1-3-2/h1-6H;1-2H3. The molecule has 0 N–H and O–H groups in total. The lowest BCUT2D eigenvalue weighted by molar-refractivity contribution is 0.111. The van der Waals surface area contributed by atoms with E-state index in [1.807, 2.05) is 0 Å². The Morgan fingerprint density at radius 3 is 1.31 bits per heavy atom. The van der Waals surface area contributed by atoms with Gasteiger partial charge in [0.15, 0.2) is 0 Å². The van der Waals surface area contributed by atoms with Crippen molar-refractivity contribution in [1.29, 1.82) is 0 Å². The number of hydrogen-bond acceptors (Lipinski definition) is 3. The van der Waals surface area contributed by atoms with Crippen molar-refractivity contribution in [1.82, 2.24) is 0 Å². The summed E-state index contributed by atoms with van der Waals surface area (Å²) in [5, 5.41) is 0. The lowest BCUT2D eigenvalue weighted by Crippen LogP contribution is -1.81. The highest BCUT2D eigenvalue weighted by molar-refractivity contribution is 5.79. The summed E-state index contributed by atoms with van der Waals surface area (Å²) in [5.41, 5.74) is 1.18. The first-order chi connectivity index (χ1) is 6.28. The molecule has 0 saturated heterocycles. The third kappa shape index (κ3) is 4.87. The van der Waals surface area contributed by atoms with Crippen molar-refractivity contribution in [2.45, 2.75) is 0 Å². The van der Waals surface area contributed by atoms with E-state index in [2.05, 4.69) is 4.74 Å². The van der Waals surface area contributed by atoms with Crippen molar-refractivity contribution < 1.29 is 14.3 Å². The molecule has 70 valence electrons. The van der Waals surface area contributed by atoms with Crippen molar-refractivity contribution >= 4 is 12.6 Å². The Balaban J connectivity index is 0.000000424. The fourth-order valence-corrected chi connectivity index (χ4v) is 0.653. The number of carbonyl (C=O) groups is 2. The zero-order chi connectivity index (χ0) is 10.1. The molecule has 0 radical (unpaired) electrons. The van der Waals surface area contributed by atoms with Crippen molar-refractivity contribution in [3.05, 3.63) is 35.4 Å². The maximum atomic E-state index is 10.1. The largest absolute Gasteiger partial charge is 0.388 e. The maximum Gasteiger partial charge on any atom is 0.150 e. The monoisotopic (exact) mass is 180 g/mol. The minimum absolute atomic E-state index is 0.589. The molecule has 0 saturated carbocycles. The highest BCUT2D eigenvalue weighted by Crippen LogP contribution is 1.98. The normalized spacial score (nSPS) is 8.15. The van der Waals surface area contributed by atoms with Gasteiger partial charge in [-0.3, -0.25) is 9.59 Å². The number of ether oxygens (including phenoxy) is 1. The van der Waals surface area contributed by atoms with E-state index in [0.717, 1.165) is 12.6 Å². The van der Waals surface area contributed by atoms with E-state index in [9.17, 15) is 9.59 Å². The summed E-state index contributed by atoms with van der Waals surface area (Å²) in [6, 6.07) is 6.43. The molecule has 0 aliphatic heterocycles. The Morgan fingerprint density at radius 2 is 1.15 bits per heavy atom. The molecule has 1 aromatic carbocycles. The van der Waals surface area contributed by atoms with E-state index >= 15 is 0 Å². The predicted molar refractivity (Wildman–Crippen MR) is 50.2 cm³/mol. The zero-order valence-electron chi connectivity index (χ0n) is 7.69. The second-order valence-electron chi connectivity index (χ2n) is 2.31. The Kier molecular flexibility index (Phi) is 6.37. The van der Waals surface area contributed by atoms with E-state index in [1.165, 1.54) is 0 Å². The highest BCUT2D eigenvalue weighted by Gasteiger charge is 1.88. The molecule has 0 atom stereocenters. The molecule has 3 nitrogen and oxygen atoms in total.